The summed E-state index contributed by atoms with van der Waals surface area (Å²) < 4.78 is 28.8. The Labute approximate surface area is 158 Å². The van der Waals surface area contributed by atoms with Crippen LogP contribution in [0.5, 0.6) is 0 Å². The van der Waals surface area contributed by atoms with Crippen LogP contribution in [0.25, 0.3) is 0 Å². The predicted molar refractivity (Wildman–Crippen MR) is 100 cm³/mol. The van der Waals surface area contributed by atoms with Crippen LogP contribution in [-0.4, -0.2) is 55.4 Å². The molecule has 144 valence electrons. The number of esters is 1. The molecular formula is C18H25NO5S2. The molecule has 26 heavy (non-hydrogen) atoms. The number of hydrogen-bond acceptors (Lipinski definition) is 6. The lowest BCUT2D eigenvalue weighted by Crippen LogP contribution is -2.48. The van der Waals surface area contributed by atoms with E-state index in [4.69, 9.17) is 4.74 Å². The number of nitrogens with zero attached hydrogens (tertiary/aromatic N) is 1. The van der Waals surface area contributed by atoms with Crippen LogP contribution in [0.4, 0.5) is 0 Å². The summed E-state index contributed by atoms with van der Waals surface area (Å²) in [5.41, 5.74) is 1.21. The Morgan fingerprint density at radius 1 is 1.38 bits per heavy atom. The molecule has 0 N–H and O–H groups in total. The minimum absolute atomic E-state index is 0.00529. The molecule has 3 rings (SSSR count). The Bertz CT molecular complexity index is 777. The zero-order chi connectivity index (χ0) is 18.9. The van der Waals surface area contributed by atoms with Crippen LogP contribution >= 0.6 is 11.3 Å². The summed E-state index contributed by atoms with van der Waals surface area (Å²) in [6, 6.07) is 1.45. The highest BCUT2D eigenvalue weighted by molar-refractivity contribution is 7.91. The van der Waals surface area contributed by atoms with E-state index in [0.717, 1.165) is 19.3 Å². The minimum atomic E-state index is -3.09. The molecule has 8 heteroatoms. The number of sulfone groups is 1. The first-order chi connectivity index (χ1) is 12.3. The molecule has 1 aromatic rings. The fourth-order valence-electron chi connectivity index (χ4n) is 3.70. The fourth-order valence-corrected chi connectivity index (χ4v) is 6.56. The van der Waals surface area contributed by atoms with Crippen molar-refractivity contribution in [2.24, 2.45) is 0 Å². The summed E-state index contributed by atoms with van der Waals surface area (Å²) >= 11 is 1.45. The first kappa shape index (κ1) is 19.4. The molecule has 0 spiro atoms. The molecule has 2 aliphatic rings. The van der Waals surface area contributed by atoms with Gasteiger partial charge in [-0.15, -0.1) is 11.3 Å². The summed E-state index contributed by atoms with van der Waals surface area (Å²) in [5.74, 6) is -0.688. The van der Waals surface area contributed by atoms with Gasteiger partial charge in [-0.05, 0) is 50.7 Å². The van der Waals surface area contributed by atoms with Gasteiger partial charge < -0.3 is 9.64 Å². The number of thiophene rings is 1. The summed E-state index contributed by atoms with van der Waals surface area (Å²) in [7, 11) is -3.09. The summed E-state index contributed by atoms with van der Waals surface area (Å²) in [6.07, 6.45) is 4.29. The first-order valence-electron chi connectivity index (χ1n) is 9.11. The van der Waals surface area contributed by atoms with Crippen LogP contribution in [-0.2, 0) is 32.2 Å². The molecule has 0 saturated carbocycles. The minimum Gasteiger partial charge on any atom is -0.451 e. The van der Waals surface area contributed by atoms with E-state index in [0.29, 0.717) is 17.7 Å². The number of rotatable bonds is 6. The Hall–Kier alpha value is -1.41. The maximum Gasteiger partial charge on any atom is 0.348 e. The second-order valence-electron chi connectivity index (χ2n) is 7.10. The lowest BCUT2D eigenvalue weighted by Gasteiger charge is -2.33. The molecule has 1 amide bonds. The molecule has 1 fully saturated rings. The second-order valence-corrected chi connectivity index (χ2v) is 10.5. The van der Waals surface area contributed by atoms with E-state index < -0.39 is 15.8 Å². The van der Waals surface area contributed by atoms with Crippen molar-refractivity contribution in [3.63, 3.8) is 0 Å². The van der Waals surface area contributed by atoms with Crippen LogP contribution in [0.2, 0.25) is 0 Å². The molecule has 0 unspecified atom stereocenters. The third kappa shape index (κ3) is 4.11. The number of ether oxygens (including phenoxy) is 1. The van der Waals surface area contributed by atoms with Crippen LogP contribution in [0.3, 0.4) is 0 Å². The maximum absolute atomic E-state index is 12.7. The summed E-state index contributed by atoms with van der Waals surface area (Å²) in [5, 5.41) is 0. The highest BCUT2D eigenvalue weighted by atomic mass is 32.2. The highest BCUT2D eigenvalue weighted by Gasteiger charge is 2.36. The van der Waals surface area contributed by atoms with Gasteiger partial charge in [0, 0.05) is 17.0 Å². The van der Waals surface area contributed by atoms with E-state index in [1.807, 2.05) is 19.9 Å². The average Bonchev–Trinajstić information content (AvgIpc) is 3.27. The van der Waals surface area contributed by atoms with Gasteiger partial charge in [0.2, 0.25) is 0 Å². The van der Waals surface area contributed by atoms with Gasteiger partial charge in [0.25, 0.3) is 5.91 Å². The fraction of sp³-hybridized carbons (Fsp3) is 0.667. The average molecular weight is 400 g/mol. The van der Waals surface area contributed by atoms with E-state index in [-0.39, 0.29) is 36.1 Å². The number of carbonyl (C=O) groups is 2. The van der Waals surface area contributed by atoms with Gasteiger partial charge in [-0.25, -0.2) is 13.2 Å². The second kappa shape index (κ2) is 7.68. The van der Waals surface area contributed by atoms with Gasteiger partial charge in [-0.2, -0.15) is 0 Å². The molecule has 1 aromatic heterocycles. The Balaban J connectivity index is 1.62. The quantitative estimate of drug-likeness (QED) is 0.685. The van der Waals surface area contributed by atoms with Gasteiger partial charge in [-0.1, -0.05) is 6.92 Å². The van der Waals surface area contributed by atoms with Crippen molar-refractivity contribution in [2.75, 3.05) is 18.1 Å². The van der Waals surface area contributed by atoms with Gasteiger partial charge in [-0.3, -0.25) is 4.79 Å². The topological polar surface area (TPSA) is 80.8 Å². The van der Waals surface area contributed by atoms with Crippen molar-refractivity contribution >= 4 is 33.1 Å². The van der Waals surface area contributed by atoms with Crippen molar-refractivity contribution < 1.29 is 22.7 Å². The van der Waals surface area contributed by atoms with E-state index in [1.165, 1.54) is 21.8 Å². The normalized spacial score (nSPS) is 22.0. The van der Waals surface area contributed by atoms with Gasteiger partial charge in [0.05, 0.1) is 11.5 Å². The van der Waals surface area contributed by atoms with Crippen LogP contribution in [0.1, 0.15) is 53.2 Å². The molecule has 1 saturated heterocycles. The first-order valence-corrected chi connectivity index (χ1v) is 11.7. The summed E-state index contributed by atoms with van der Waals surface area (Å²) in [4.78, 5) is 28.3. The molecule has 0 aromatic carbocycles. The van der Waals surface area contributed by atoms with Gasteiger partial charge >= 0.3 is 5.97 Å². The Morgan fingerprint density at radius 2 is 2.15 bits per heavy atom. The molecule has 1 aliphatic heterocycles. The monoisotopic (exact) mass is 399 g/mol. The number of fused-ring (bicyclic) bond motifs is 1. The zero-order valence-corrected chi connectivity index (χ0v) is 16.8. The van der Waals surface area contributed by atoms with Crippen LogP contribution in [0.15, 0.2) is 6.07 Å². The molecule has 6 nitrogen and oxygen atoms in total. The number of hydrogen-bond donors (Lipinski definition) is 0. The Kier molecular flexibility index (Phi) is 5.72. The molecule has 2 heterocycles. The summed E-state index contributed by atoms with van der Waals surface area (Å²) in [6.45, 7) is 3.50. The third-order valence-corrected chi connectivity index (χ3v) is 8.20. The molecule has 2 atom stereocenters. The zero-order valence-electron chi connectivity index (χ0n) is 15.2. The predicted octanol–water partition coefficient (Wildman–Crippen LogP) is 2.21. The number of amides is 1. The van der Waals surface area contributed by atoms with E-state index in [1.54, 1.807) is 4.90 Å². The Morgan fingerprint density at radius 3 is 2.77 bits per heavy atom. The van der Waals surface area contributed by atoms with Crippen molar-refractivity contribution in [3.05, 3.63) is 21.4 Å². The van der Waals surface area contributed by atoms with Crippen LogP contribution < -0.4 is 0 Å². The van der Waals surface area contributed by atoms with E-state index in [9.17, 15) is 18.0 Å². The van der Waals surface area contributed by atoms with Gasteiger partial charge in [0.1, 0.15) is 4.88 Å². The van der Waals surface area contributed by atoms with Crippen molar-refractivity contribution in [1.29, 1.82) is 0 Å². The van der Waals surface area contributed by atoms with Gasteiger partial charge in [0.15, 0.2) is 16.4 Å². The van der Waals surface area contributed by atoms with E-state index >= 15 is 0 Å². The largest absolute Gasteiger partial charge is 0.451 e. The highest BCUT2D eigenvalue weighted by Crippen LogP contribution is 2.31. The number of aryl methyl sites for hydroxylation is 2. The number of carbonyl (C=O) groups excluding carboxylic acids is 2. The van der Waals surface area contributed by atoms with E-state index in [2.05, 4.69) is 0 Å². The van der Waals surface area contributed by atoms with Crippen molar-refractivity contribution in [2.45, 2.75) is 58.0 Å². The molecular weight excluding hydrogens is 374 g/mol. The van der Waals surface area contributed by atoms with Crippen LogP contribution in [0, 0.1) is 0 Å². The molecule has 0 radical (unpaired) electrons. The van der Waals surface area contributed by atoms with Crippen molar-refractivity contribution in [1.82, 2.24) is 4.90 Å². The lowest BCUT2D eigenvalue weighted by molar-refractivity contribution is -0.138. The van der Waals surface area contributed by atoms with Crippen molar-refractivity contribution in [3.8, 4) is 0 Å². The smallest absolute Gasteiger partial charge is 0.348 e. The maximum atomic E-state index is 12.7. The molecule has 1 aliphatic carbocycles. The molecule has 0 bridgehead atoms. The third-order valence-electron chi connectivity index (χ3n) is 5.23. The lowest BCUT2D eigenvalue weighted by atomic mass is 10.1. The SMILES string of the molecule is CC[C@@H](C)N(C(=O)COC(=O)c1cc2c(s1)CCC2)[C@@H]1CCS(=O)(=O)C1. The standard InChI is InChI=1S/C18H25NO5S2/c1-3-12(2)19(14-7-8-26(22,23)11-14)17(20)10-24-18(21)16-9-13-5-4-6-15(13)25-16/h9,12,14H,3-8,10-11H2,1-2H3/t12-,14-/m1/s1.